The number of primary amides is 1. The lowest BCUT2D eigenvalue weighted by Gasteiger charge is -2.15. The third-order valence-electron chi connectivity index (χ3n) is 5.14. The molecule has 0 saturated heterocycles. The fourth-order valence-corrected chi connectivity index (χ4v) is 4.24. The normalized spacial score (nSPS) is 12.1. The second kappa shape index (κ2) is 10.4. The number of aryl methyl sites for hydroxylation is 1. The molecule has 0 aliphatic heterocycles. The number of hydrogen-bond donors (Lipinski definition) is 3. The van der Waals surface area contributed by atoms with E-state index in [1.807, 2.05) is 0 Å². The molecule has 0 saturated carbocycles. The number of rotatable bonds is 9. The van der Waals surface area contributed by atoms with Crippen LogP contribution in [0, 0.1) is 24.5 Å². The summed E-state index contributed by atoms with van der Waals surface area (Å²) in [6.45, 7) is 1.45. The molecule has 0 radical (unpaired) electrons. The minimum absolute atomic E-state index is 0.0653. The smallest absolute Gasteiger partial charge is 0.261 e. The van der Waals surface area contributed by atoms with Gasteiger partial charge in [0.2, 0.25) is 5.91 Å². The molecule has 0 bridgehead atoms. The Bertz CT molecular complexity index is 1310. The van der Waals surface area contributed by atoms with Crippen molar-refractivity contribution < 1.29 is 26.8 Å². The van der Waals surface area contributed by atoms with Gasteiger partial charge in [0, 0.05) is 17.8 Å². The predicted octanol–water partition coefficient (Wildman–Crippen LogP) is 3.15. The van der Waals surface area contributed by atoms with Crippen molar-refractivity contribution in [1.29, 1.82) is 0 Å². The van der Waals surface area contributed by atoms with Gasteiger partial charge in [-0.2, -0.15) is 0 Å². The first-order valence-electron chi connectivity index (χ1n) is 10.3. The Morgan fingerprint density at radius 3 is 2.35 bits per heavy atom. The third-order valence-corrected chi connectivity index (χ3v) is 6.52. The van der Waals surface area contributed by atoms with Crippen LogP contribution in [0.3, 0.4) is 0 Å². The molecule has 34 heavy (non-hydrogen) atoms. The molecule has 7 nitrogen and oxygen atoms in total. The van der Waals surface area contributed by atoms with Crippen LogP contribution in [-0.2, 0) is 21.2 Å². The summed E-state index contributed by atoms with van der Waals surface area (Å²) in [5.41, 5.74) is 6.68. The fraction of sp³-hybridized carbons (Fsp3) is 0.167. The van der Waals surface area contributed by atoms with E-state index >= 15 is 0 Å². The molecule has 1 unspecified atom stereocenters. The maximum Gasteiger partial charge on any atom is 0.261 e. The van der Waals surface area contributed by atoms with Gasteiger partial charge < -0.3 is 11.1 Å². The first-order valence-corrected chi connectivity index (χ1v) is 11.7. The lowest BCUT2D eigenvalue weighted by Crippen LogP contribution is -2.37. The molecule has 3 aromatic carbocycles. The first kappa shape index (κ1) is 24.8. The molecule has 1 atom stereocenters. The second-order valence-corrected chi connectivity index (χ2v) is 9.42. The fourth-order valence-electron chi connectivity index (χ4n) is 3.18. The average Bonchev–Trinajstić information content (AvgIpc) is 2.79. The van der Waals surface area contributed by atoms with Gasteiger partial charge in [-0.1, -0.05) is 24.3 Å². The minimum atomic E-state index is -4.08. The van der Waals surface area contributed by atoms with Crippen LogP contribution in [0.25, 0.3) is 0 Å². The molecule has 2 amide bonds. The number of carbonyl (C=O) groups is 2. The van der Waals surface area contributed by atoms with E-state index in [0.717, 1.165) is 6.07 Å². The summed E-state index contributed by atoms with van der Waals surface area (Å²) in [6.07, 6.45) is 0.211. The summed E-state index contributed by atoms with van der Waals surface area (Å²) in [5, 5.41) is 2.61. The van der Waals surface area contributed by atoms with Crippen molar-refractivity contribution in [2.24, 2.45) is 11.7 Å². The van der Waals surface area contributed by atoms with Gasteiger partial charge in [0.1, 0.15) is 11.6 Å². The largest absolute Gasteiger partial charge is 0.369 e. The number of anilines is 1. The number of carbonyl (C=O) groups excluding carboxylic acids is 2. The van der Waals surface area contributed by atoms with E-state index in [-0.39, 0.29) is 29.1 Å². The molecule has 0 aliphatic rings. The standard InChI is InChI=1S/C24H23F2N3O4S/c1-15-5-10-21(13-22(15)26)34(32,33)29-20-4-2-3-17(12-20)24(31)28-14-18(23(27)30)11-16-6-8-19(25)9-7-16/h2-10,12-13,18,29H,11,14H2,1H3,(H2,27,30)(H,28,31). The Kier molecular flexibility index (Phi) is 7.62. The topological polar surface area (TPSA) is 118 Å². The highest BCUT2D eigenvalue weighted by Gasteiger charge is 2.19. The van der Waals surface area contributed by atoms with Gasteiger partial charge in [-0.05, 0) is 66.9 Å². The lowest BCUT2D eigenvalue weighted by atomic mass is 9.98. The lowest BCUT2D eigenvalue weighted by molar-refractivity contribution is -0.121. The Morgan fingerprint density at radius 1 is 1.00 bits per heavy atom. The van der Waals surface area contributed by atoms with Crippen molar-refractivity contribution in [3.8, 4) is 0 Å². The highest BCUT2D eigenvalue weighted by Crippen LogP contribution is 2.19. The van der Waals surface area contributed by atoms with Gasteiger partial charge in [0.25, 0.3) is 15.9 Å². The van der Waals surface area contributed by atoms with Gasteiger partial charge in [0.15, 0.2) is 0 Å². The van der Waals surface area contributed by atoms with Crippen LogP contribution >= 0.6 is 0 Å². The van der Waals surface area contributed by atoms with Gasteiger partial charge in [-0.3, -0.25) is 14.3 Å². The number of hydrogen-bond acceptors (Lipinski definition) is 4. The summed E-state index contributed by atoms with van der Waals surface area (Å²) >= 11 is 0. The molecule has 0 heterocycles. The van der Waals surface area contributed by atoms with E-state index in [4.69, 9.17) is 5.73 Å². The molecule has 3 aromatic rings. The molecule has 0 aromatic heterocycles. The number of nitrogens with two attached hydrogens (primary N) is 1. The maximum atomic E-state index is 13.8. The highest BCUT2D eigenvalue weighted by molar-refractivity contribution is 7.92. The monoisotopic (exact) mass is 487 g/mol. The zero-order valence-electron chi connectivity index (χ0n) is 18.2. The van der Waals surface area contributed by atoms with Crippen molar-refractivity contribution in [1.82, 2.24) is 5.32 Å². The van der Waals surface area contributed by atoms with Crippen molar-refractivity contribution >= 4 is 27.5 Å². The molecular formula is C24H23F2N3O4S. The molecule has 0 aliphatic carbocycles. The van der Waals surface area contributed by atoms with Gasteiger partial charge >= 0.3 is 0 Å². The van der Waals surface area contributed by atoms with Crippen LogP contribution < -0.4 is 15.8 Å². The zero-order valence-corrected chi connectivity index (χ0v) is 19.0. The highest BCUT2D eigenvalue weighted by atomic mass is 32.2. The Morgan fingerprint density at radius 2 is 1.71 bits per heavy atom. The predicted molar refractivity (Wildman–Crippen MR) is 124 cm³/mol. The molecule has 4 N–H and O–H groups in total. The summed E-state index contributed by atoms with van der Waals surface area (Å²) in [6, 6.07) is 14.9. The maximum absolute atomic E-state index is 13.8. The SMILES string of the molecule is Cc1ccc(S(=O)(=O)Nc2cccc(C(=O)NCC(Cc3ccc(F)cc3)C(N)=O)c2)cc1F. The quantitative estimate of drug-likeness (QED) is 0.430. The molecule has 0 fully saturated rings. The minimum Gasteiger partial charge on any atom is -0.369 e. The Hall–Kier alpha value is -3.79. The van der Waals surface area contributed by atoms with Crippen molar-refractivity contribution in [2.45, 2.75) is 18.2 Å². The number of benzene rings is 3. The Labute approximate surface area is 196 Å². The summed E-state index contributed by atoms with van der Waals surface area (Å²) in [7, 11) is -4.08. The number of amides is 2. The van der Waals surface area contributed by atoms with Crippen LogP contribution in [0.1, 0.15) is 21.5 Å². The third kappa shape index (κ3) is 6.38. The van der Waals surface area contributed by atoms with Gasteiger partial charge in [-0.25, -0.2) is 17.2 Å². The number of halogens is 2. The van der Waals surface area contributed by atoms with Crippen molar-refractivity contribution in [2.75, 3.05) is 11.3 Å². The summed E-state index contributed by atoms with van der Waals surface area (Å²) < 4.78 is 54.3. The molecule has 10 heteroatoms. The van der Waals surface area contributed by atoms with Crippen LogP contribution in [0.5, 0.6) is 0 Å². The van der Waals surface area contributed by atoms with E-state index in [1.54, 1.807) is 0 Å². The van der Waals surface area contributed by atoms with E-state index in [0.29, 0.717) is 11.1 Å². The van der Waals surface area contributed by atoms with Crippen LogP contribution in [0.2, 0.25) is 0 Å². The van der Waals surface area contributed by atoms with E-state index in [1.165, 1.54) is 67.6 Å². The molecule has 178 valence electrons. The number of nitrogens with one attached hydrogen (secondary N) is 2. The summed E-state index contributed by atoms with van der Waals surface area (Å²) in [5.74, 6) is -2.96. The molecule has 0 spiro atoms. The van der Waals surface area contributed by atoms with E-state index < -0.39 is 39.4 Å². The zero-order chi connectivity index (χ0) is 24.9. The molecule has 3 rings (SSSR count). The van der Waals surface area contributed by atoms with Crippen molar-refractivity contribution in [3.05, 3.63) is 95.1 Å². The molecular weight excluding hydrogens is 464 g/mol. The average molecular weight is 488 g/mol. The summed E-state index contributed by atoms with van der Waals surface area (Å²) in [4.78, 5) is 24.1. The second-order valence-electron chi connectivity index (χ2n) is 7.74. The van der Waals surface area contributed by atoms with Crippen LogP contribution in [0.15, 0.2) is 71.6 Å². The van der Waals surface area contributed by atoms with Crippen LogP contribution in [0.4, 0.5) is 14.5 Å². The number of sulfonamides is 1. The van der Waals surface area contributed by atoms with E-state index in [2.05, 4.69) is 10.0 Å². The van der Waals surface area contributed by atoms with Gasteiger partial charge in [0.05, 0.1) is 10.8 Å². The van der Waals surface area contributed by atoms with E-state index in [9.17, 15) is 26.8 Å². The first-order chi connectivity index (χ1) is 16.0. The Balaban J connectivity index is 1.68. The van der Waals surface area contributed by atoms with Crippen LogP contribution in [-0.4, -0.2) is 26.8 Å². The van der Waals surface area contributed by atoms with Gasteiger partial charge in [-0.15, -0.1) is 0 Å². The van der Waals surface area contributed by atoms with Crippen molar-refractivity contribution in [3.63, 3.8) is 0 Å².